The fourth-order valence-corrected chi connectivity index (χ4v) is 0.805. The molecule has 0 aliphatic carbocycles. The van der Waals surface area contributed by atoms with E-state index < -0.39 is 0 Å². The highest BCUT2D eigenvalue weighted by Crippen LogP contribution is 1.98. The summed E-state index contributed by atoms with van der Waals surface area (Å²) in [7, 11) is 0. The molecule has 0 spiro atoms. The van der Waals surface area contributed by atoms with Crippen LogP contribution in [0.15, 0.2) is 0 Å². The number of unbranched alkanes of at least 4 members (excludes halogenated alkanes) is 3. The van der Waals surface area contributed by atoms with Gasteiger partial charge in [0.2, 0.25) is 0 Å². The van der Waals surface area contributed by atoms with E-state index in [2.05, 4.69) is 6.07 Å². The smallest absolute Gasteiger partial charge is 0.0645 e. The van der Waals surface area contributed by atoms with Gasteiger partial charge in [-0.25, -0.2) is 0 Å². The van der Waals surface area contributed by atoms with Crippen molar-refractivity contribution in [2.24, 2.45) is 0 Å². The first-order valence-corrected chi connectivity index (χ1v) is 4.23. The quantitative estimate of drug-likeness (QED) is 0.543. The summed E-state index contributed by atoms with van der Waals surface area (Å²) in [6, 6.07) is 4.11. The first-order chi connectivity index (χ1) is 5.91. The first kappa shape index (κ1) is 10.9. The van der Waals surface area contributed by atoms with Crippen molar-refractivity contribution in [1.82, 2.24) is 0 Å². The van der Waals surface area contributed by atoms with Gasteiger partial charge in [-0.2, -0.15) is 10.5 Å². The molecule has 0 radical (unpaired) electrons. The molecule has 0 unspecified atom stereocenters. The molecule has 0 heterocycles. The second-order valence-electron chi connectivity index (χ2n) is 2.49. The first-order valence-electron chi connectivity index (χ1n) is 4.23. The molecule has 0 N–H and O–H groups in total. The summed E-state index contributed by atoms with van der Waals surface area (Å²) in [4.78, 5) is 0. The Morgan fingerprint density at radius 2 is 1.58 bits per heavy atom. The van der Waals surface area contributed by atoms with Gasteiger partial charge in [-0.3, -0.25) is 0 Å². The van der Waals surface area contributed by atoms with Gasteiger partial charge in [0.05, 0.1) is 25.2 Å². The maximum Gasteiger partial charge on any atom is 0.0645 e. The Labute approximate surface area is 73.6 Å². The van der Waals surface area contributed by atoms with E-state index in [-0.39, 0.29) is 0 Å². The van der Waals surface area contributed by atoms with Gasteiger partial charge in [0.1, 0.15) is 0 Å². The van der Waals surface area contributed by atoms with Crippen LogP contribution < -0.4 is 0 Å². The van der Waals surface area contributed by atoms with E-state index in [1.54, 1.807) is 0 Å². The highest BCUT2D eigenvalue weighted by Gasteiger charge is 1.89. The number of rotatable bonds is 7. The molecule has 0 bridgehead atoms. The number of hydrogen-bond acceptors (Lipinski definition) is 3. The summed E-state index contributed by atoms with van der Waals surface area (Å²) >= 11 is 0. The van der Waals surface area contributed by atoms with Crippen molar-refractivity contribution in [2.45, 2.75) is 32.1 Å². The van der Waals surface area contributed by atoms with E-state index in [0.29, 0.717) is 26.1 Å². The third-order valence-corrected chi connectivity index (χ3v) is 1.44. The lowest BCUT2D eigenvalue weighted by Gasteiger charge is -1.99. The fourth-order valence-electron chi connectivity index (χ4n) is 0.805. The van der Waals surface area contributed by atoms with Gasteiger partial charge in [0.15, 0.2) is 0 Å². The molecule has 12 heavy (non-hydrogen) atoms. The van der Waals surface area contributed by atoms with Crippen molar-refractivity contribution in [2.75, 3.05) is 13.2 Å². The molecule has 66 valence electrons. The van der Waals surface area contributed by atoms with Gasteiger partial charge < -0.3 is 4.74 Å². The third-order valence-electron chi connectivity index (χ3n) is 1.44. The minimum atomic E-state index is 0.470. The zero-order valence-corrected chi connectivity index (χ0v) is 7.25. The van der Waals surface area contributed by atoms with Gasteiger partial charge in [-0.05, 0) is 12.8 Å². The minimum Gasteiger partial charge on any atom is -0.380 e. The van der Waals surface area contributed by atoms with Gasteiger partial charge in [-0.1, -0.05) is 6.42 Å². The Balaban J connectivity index is 2.84. The van der Waals surface area contributed by atoms with Crippen LogP contribution in [0.3, 0.4) is 0 Å². The largest absolute Gasteiger partial charge is 0.380 e. The maximum absolute atomic E-state index is 8.22. The van der Waals surface area contributed by atoms with Gasteiger partial charge in [0, 0.05) is 13.0 Å². The Hall–Kier alpha value is -1.06. The van der Waals surface area contributed by atoms with Crippen LogP contribution in [-0.2, 0) is 4.74 Å². The lowest BCUT2D eigenvalue weighted by molar-refractivity contribution is 0.135. The second kappa shape index (κ2) is 9.94. The van der Waals surface area contributed by atoms with E-state index in [9.17, 15) is 0 Å². The van der Waals surface area contributed by atoms with Crippen LogP contribution in [0.25, 0.3) is 0 Å². The van der Waals surface area contributed by atoms with Crippen LogP contribution in [0, 0.1) is 22.7 Å². The van der Waals surface area contributed by atoms with Gasteiger partial charge >= 0.3 is 0 Å². The van der Waals surface area contributed by atoms with E-state index in [4.69, 9.17) is 15.3 Å². The van der Waals surface area contributed by atoms with Crippen molar-refractivity contribution >= 4 is 0 Å². The summed E-state index contributed by atoms with van der Waals surface area (Å²) in [5.41, 5.74) is 0. The third kappa shape index (κ3) is 8.94. The molecule has 3 heteroatoms. The van der Waals surface area contributed by atoms with E-state index in [1.165, 1.54) is 0 Å². The summed E-state index contributed by atoms with van der Waals surface area (Å²) in [6.45, 7) is 1.25. The van der Waals surface area contributed by atoms with Crippen molar-refractivity contribution in [3.05, 3.63) is 0 Å². The minimum absolute atomic E-state index is 0.470. The molecule has 0 saturated carbocycles. The van der Waals surface area contributed by atoms with Crippen LogP contribution in [-0.4, -0.2) is 13.2 Å². The predicted octanol–water partition coefficient (Wildman–Crippen LogP) is 2.00. The molecule has 0 aromatic carbocycles. The number of nitriles is 2. The topological polar surface area (TPSA) is 56.8 Å². The van der Waals surface area contributed by atoms with Crippen LogP contribution in [0.1, 0.15) is 32.1 Å². The molecule has 0 saturated heterocycles. The Morgan fingerprint density at radius 3 is 2.25 bits per heavy atom. The molecular formula is C9H14N2O. The van der Waals surface area contributed by atoms with Gasteiger partial charge in [0.25, 0.3) is 0 Å². The molecule has 0 aliphatic heterocycles. The van der Waals surface area contributed by atoms with Crippen LogP contribution in [0.5, 0.6) is 0 Å². The van der Waals surface area contributed by atoms with Crippen molar-refractivity contribution < 1.29 is 4.74 Å². The normalized spacial score (nSPS) is 8.83. The zero-order valence-electron chi connectivity index (χ0n) is 7.25. The fraction of sp³-hybridized carbons (Fsp3) is 0.778. The SMILES string of the molecule is N#CCCCCCOCCC#N. The second-order valence-corrected chi connectivity index (χ2v) is 2.49. The van der Waals surface area contributed by atoms with E-state index in [0.717, 1.165) is 19.3 Å². The highest BCUT2D eigenvalue weighted by molar-refractivity contribution is 4.68. The summed E-state index contributed by atoms with van der Waals surface area (Å²) in [5, 5.41) is 16.4. The average molecular weight is 166 g/mol. The molecule has 0 rings (SSSR count). The summed E-state index contributed by atoms with van der Waals surface area (Å²) in [5.74, 6) is 0. The molecule has 0 aliphatic rings. The van der Waals surface area contributed by atoms with E-state index >= 15 is 0 Å². The standard InChI is InChI=1S/C9H14N2O/c10-6-3-1-2-4-8-12-9-5-7-11/h1-5,8-9H2. The molecule has 0 atom stereocenters. The monoisotopic (exact) mass is 166 g/mol. The number of ether oxygens (including phenoxy) is 1. The van der Waals surface area contributed by atoms with Gasteiger partial charge in [-0.15, -0.1) is 0 Å². The number of nitrogens with zero attached hydrogens (tertiary/aromatic N) is 2. The van der Waals surface area contributed by atoms with Crippen molar-refractivity contribution in [3.8, 4) is 12.1 Å². The van der Waals surface area contributed by atoms with Crippen LogP contribution >= 0.6 is 0 Å². The molecular weight excluding hydrogens is 152 g/mol. The number of hydrogen-bond donors (Lipinski definition) is 0. The molecule has 0 fully saturated rings. The molecule has 0 amide bonds. The van der Waals surface area contributed by atoms with Crippen LogP contribution in [0.4, 0.5) is 0 Å². The van der Waals surface area contributed by atoms with Crippen LogP contribution in [0.2, 0.25) is 0 Å². The maximum atomic E-state index is 8.22. The Bertz CT molecular complexity index is 146. The van der Waals surface area contributed by atoms with Crippen molar-refractivity contribution in [3.63, 3.8) is 0 Å². The highest BCUT2D eigenvalue weighted by atomic mass is 16.5. The Kier molecular flexibility index (Phi) is 9.06. The van der Waals surface area contributed by atoms with Crippen molar-refractivity contribution in [1.29, 1.82) is 10.5 Å². The molecule has 0 aromatic rings. The lowest BCUT2D eigenvalue weighted by Crippen LogP contribution is -1.95. The Morgan fingerprint density at radius 1 is 0.833 bits per heavy atom. The summed E-state index contributed by atoms with van der Waals surface area (Å²) in [6.07, 6.45) is 4.10. The predicted molar refractivity (Wildman–Crippen MR) is 45.1 cm³/mol. The summed E-state index contributed by atoms with van der Waals surface area (Å²) < 4.78 is 5.15. The molecule has 0 aromatic heterocycles. The lowest BCUT2D eigenvalue weighted by atomic mass is 10.2. The average Bonchev–Trinajstić information content (AvgIpc) is 2.10. The molecule has 3 nitrogen and oxygen atoms in total. The van der Waals surface area contributed by atoms with E-state index in [1.807, 2.05) is 6.07 Å². The zero-order chi connectivity index (χ0) is 9.07.